The Balaban J connectivity index is 2.26. The van der Waals surface area contributed by atoms with E-state index in [1.54, 1.807) is 12.1 Å². The molecule has 2 N–H and O–H groups in total. The number of nitriles is 1. The molecule has 0 aromatic heterocycles. The quantitative estimate of drug-likeness (QED) is 0.821. The van der Waals surface area contributed by atoms with E-state index in [0.29, 0.717) is 6.42 Å². The molecule has 8 heteroatoms. The van der Waals surface area contributed by atoms with E-state index in [9.17, 15) is 18.3 Å². The SMILES string of the molecule is Cc1ccc(S(=O)(=O)NC(C(=O)O)[C@@H]2CCO[C@H]2C#N)cc1. The van der Waals surface area contributed by atoms with Crippen LogP contribution in [-0.2, 0) is 19.6 Å². The molecule has 0 aliphatic carbocycles. The highest BCUT2D eigenvalue weighted by Gasteiger charge is 2.41. The van der Waals surface area contributed by atoms with Gasteiger partial charge in [0.1, 0.15) is 12.1 Å². The maximum atomic E-state index is 12.3. The number of hydrogen-bond acceptors (Lipinski definition) is 5. The Morgan fingerprint density at radius 1 is 1.45 bits per heavy atom. The van der Waals surface area contributed by atoms with E-state index in [2.05, 4.69) is 4.72 Å². The van der Waals surface area contributed by atoms with Gasteiger partial charge >= 0.3 is 5.97 Å². The zero-order valence-electron chi connectivity index (χ0n) is 11.9. The number of carboxylic acids is 1. The molecule has 0 bridgehead atoms. The summed E-state index contributed by atoms with van der Waals surface area (Å²) in [6.45, 7) is 2.05. The van der Waals surface area contributed by atoms with Crippen LogP contribution in [0.3, 0.4) is 0 Å². The van der Waals surface area contributed by atoms with Gasteiger partial charge in [-0.2, -0.15) is 9.98 Å². The third-order valence-electron chi connectivity index (χ3n) is 3.57. The summed E-state index contributed by atoms with van der Waals surface area (Å²) in [6.07, 6.45) is -0.618. The van der Waals surface area contributed by atoms with Crippen LogP contribution in [0.4, 0.5) is 0 Å². The van der Waals surface area contributed by atoms with Gasteiger partial charge in [-0.3, -0.25) is 4.79 Å². The summed E-state index contributed by atoms with van der Waals surface area (Å²) >= 11 is 0. The van der Waals surface area contributed by atoms with Crippen LogP contribution in [0.2, 0.25) is 0 Å². The van der Waals surface area contributed by atoms with Gasteiger partial charge in [-0.15, -0.1) is 0 Å². The molecule has 1 heterocycles. The van der Waals surface area contributed by atoms with Crippen molar-refractivity contribution in [1.29, 1.82) is 5.26 Å². The summed E-state index contributed by atoms with van der Waals surface area (Å²) in [4.78, 5) is 11.4. The van der Waals surface area contributed by atoms with Crippen molar-refractivity contribution >= 4 is 16.0 Å². The molecule has 3 atom stereocenters. The van der Waals surface area contributed by atoms with Gasteiger partial charge in [0.25, 0.3) is 0 Å². The van der Waals surface area contributed by atoms with Gasteiger partial charge in [0.05, 0.1) is 11.0 Å². The second-order valence-electron chi connectivity index (χ2n) is 5.12. The molecule has 0 radical (unpaired) electrons. The highest BCUT2D eigenvalue weighted by atomic mass is 32.2. The Morgan fingerprint density at radius 3 is 2.64 bits per heavy atom. The minimum absolute atomic E-state index is 0.0169. The fraction of sp³-hybridized carbons (Fsp3) is 0.429. The molecular weight excluding hydrogens is 308 g/mol. The first kappa shape index (κ1) is 16.4. The topological polar surface area (TPSA) is 116 Å². The first-order valence-corrected chi connectivity index (χ1v) is 8.16. The number of nitrogens with one attached hydrogen (secondary N) is 1. The number of hydrogen-bond donors (Lipinski definition) is 2. The molecule has 7 nitrogen and oxygen atoms in total. The van der Waals surface area contributed by atoms with Crippen molar-refractivity contribution in [2.75, 3.05) is 6.61 Å². The number of rotatable bonds is 5. The number of ether oxygens (including phenoxy) is 1. The highest BCUT2D eigenvalue weighted by molar-refractivity contribution is 7.89. The van der Waals surface area contributed by atoms with Crippen LogP contribution in [0.5, 0.6) is 0 Å². The maximum absolute atomic E-state index is 12.3. The normalized spacial score (nSPS) is 22.9. The highest BCUT2D eigenvalue weighted by Crippen LogP contribution is 2.25. The van der Waals surface area contributed by atoms with Crippen molar-refractivity contribution in [1.82, 2.24) is 4.72 Å². The lowest BCUT2D eigenvalue weighted by atomic mass is 9.94. The van der Waals surface area contributed by atoms with Crippen molar-refractivity contribution in [3.63, 3.8) is 0 Å². The number of carbonyl (C=O) groups is 1. The number of carboxylic acid groups (broad SMARTS) is 1. The Morgan fingerprint density at radius 2 is 2.09 bits per heavy atom. The lowest BCUT2D eigenvalue weighted by Crippen LogP contribution is -2.48. The number of aryl methyl sites for hydroxylation is 1. The average Bonchev–Trinajstić information content (AvgIpc) is 2.93. The van der Waals surface area contributed by atoms with Crippen molar-refractivity contribution in [3.05, 3.63) is 29.8 Å². The van der Waals surface area contributed by atoms with Gasteiger partial charge in [0, 0.05) is 12.5 Å². The monoisotopic (exact) mass is 324 g/mol. The van der Waals surface area contributed by atoms with E-state index >= 15 is 0 Å². The van der Waals surface area contributed by atoms with Gasteiger partial charge in [-0.1, -0.05) is 17.7 Å². The molecule has 1 aromatic carbocycles. The Bertz CT molecular complexity index is 693. The summed E-state index contributed by atoms with van der Waals surface area (Å²) in [5, 5.41) is 18.3. The zero-order valence-corrected chi connectivity index (χ0v) is 12.7. The summed E-state index contributed by atoms with van der Waals surface area (Å²) in [6, 6.07) is 6.52. The third-order valence-corrected chi connectivity index (χ3v) is 5.03. The van der Waals surface area contributed by atoms with Crippen molar-refractivity contribution in [2.24, 2.45) is 5.92 Å². The summed E-state index contributed by atoms with van der Waals surface area (Å²) in [7, 11) is -3.99. The average molecular weight is 324 g/mol. The van der Waals surface area contributed by atoms with E-state index in [0.717, 1.165) is 5.56 Å². The molecule has 2 rings (SSSR count). The largest absolute Gasteiger partial charge is 0.480 e. The van der Waals surface area contributed by atoms with Crippen LogP contribution in [0.15, 0.2) is 29.2 Å². The van der Waals surface area contributed by atoms with Crippen LogP contribution >= 0.6 is 0 Å². The van der Waals surface area contributed by atoms with E-state index in [-0.39, 0.29) is 11.5 Å². The lowest BCUT2D eigenvalue weighted by molar-refractivity contribution is -0.140. The van der Waals surface area contributed by atoms with Crippen LogP contribution in [-0.4, -0.2) is 38.2 Å². The molecular formula is C14H16N2O5S. The molecule has 0 saturated carbocycles. The Kier molecular flexibility index (Phi) is 4.81. The molecule has 0 spiro atoms. The van der Waals surface area contributed by atoms with Gasteiger partial charge in [-0.05, 0) is 25.5 Å². The second-order valence-corrected chi connectivity index (χ2v) is 6.84. The molecule has 1 saturated heterocycles. The van der Waals surface area contributed by atoms with Crippen molar-refractivity contribution < 1.29 is 23.1 Å². The second kappa shape index (κ2) is 6.44. The first-order valence-electron chi connectivity index (χ1n) is 6.68. The van der Waals surface area contributed by atoms with Crippen molar-refractivity contribution in [2.45, 2.75) is 30.4 Å². The Labute approximate surface area is 128 Å². The smallest absolute Gasteiger partial charge is 0.322 e. The standard InChI is InChI=1S/C14H16N2O5S/c1-9-2-4-10(5-3-9)22(19,20)16-13(14(17)18)11-6-7-21-12(11)8-15/h2-5,11-13,16H,6-7H2,1H3,(H,17,18)/t11-,12+,13?/m1/s1. The fourth-order valence-electron chi connectivity index (χ4n) is 2.35. The van der Waals surface area contributed by atoms with E-state index in [1.807, 2.05) is 13.0 Å². The van der Waals surface area contributed by atoms with Gasteiger partial charge in [0.15, 0.2) is 0 Å². The summed E-state index contributed by atoms with van der Waals surface area (Å²) < 4.78 is 31.9. The molecule has 1 unspecified atom stereocenters. The predicted octanol–water partition coefficient (Wildman–Crippen LogP) is 0.655. The predicted molar refractivity (Wildman–Crippen MR) is 76.4 cm³/mol. The minimum Gasteiger partial charge on any atom is -0.480 e. The molecule has 118 valence electrons. The fourth-order valence-corrected chi connectivity index (χ4v) is 3.59. The number of benzene rings is 1. The van der Waals surface area contributed by atoms with E-state index < -0.39 is 34.1 Å². The molecule has 22 heavy (non-hydrogen) atoms. The Hall–Kier alpha value is -1.95. The number of nitrogens with zero attached hydrogens (tertiary/aromatic N) is 1. The minimum atomic E-state index is -3.99. The van der Waals surface area contributed by atoms with Crippen LogP contribution in [0.25, 0.3) is 0 Å². The van der Waals surface area contributed by atoms with Crippen molar-refractivity contribution in [3.8, 4) is 6.07 Å². The van der Waals surface area contributed by atoms with Gasteiger partial charge < -0.3 is 9.84 Å². The van der Waals surface area contributed by atoms with Crippen LogP contribution < -0.4 is 4.72 Å². The lowest BCUT2D eigenvalue weighted by Gasteiger charge is -2.21. The van der Waals surface area contributed by atoms with Gasteiger partial charge in [-0.25, -0.2) is 8.42 Å². The van der Waals surface area contributed by atoms with Crippen LogP contribution in [0, 0.1) is 24.2 Å². The molecule has 1 fully saturated rings. The van der Waals surface area contributed by atoms with E-state index in [4.69, 9.17) is 10.00 Å². The summed E-state index contributed by atoms with van der Waals surface area (Å²) in [5.74, 6) is -2.05. The third kappa shape index (κ3) is 3.44. The first-order chi connectivity index (χ1) is 10.3. The molecule has 1 aliphatic heterocycles. The molecule has 0 amide bonds. The molecule has 1 aliphatic rings. The van der Waals surface area contributed by atoms with Gasteiger partial charge in [0.2, 0.25) is 10.0 Å². The molecule has 1 aromatic rings. The zero-order chi connectivity index (χ0) is 16.3. The van der Waals surface area contributed by atoms with Crippen LogP contribution in [0.1, 0.15) is 12.0 Å². The van der Waals surface area contributed by atoms with E-state index in [1.165, 1.54) is 12.1 Å². The number of aliphatic carboxylic acids is 1. The summed E-state index contributed by atoms with van der Waals surface area (Å²) in [5.41, 5.74) is 0.891. The maximum Gasteiger partial charge on any atom is 0.322 e. The number of sulfonamides is 1.